The zero-order chi connectivity index (χ0) is 15.0. The Morgan fingerprint density at radius 2 is 1.95 bits per heavy atom. The number of hydrogen-bond acceptors (Lipinski definition) is 3. The number of ether oxygens (including phenoxy) is 1. The summed E-state index contributed by atoms with van der Waals surface area (Å²) in [6, 6.07) is -0.0709. The molecule has 1 fully saturated rings. The normalized spacial score (nSPS) is 24.4. The van der Waals surface area contributed by atoms with Crippen molar-refractivity contribution in [3.05, 3.63) is 0 Å². The number of carbonyl (C=O) groups is 1. The molecule has 0 aromatic rings. The van der Waals surface area contributed by atoms with E-state index in [1.54, 1.807) is 0 Å². The second kappa shape index (κ2) is 9.19. The van der Waals surface area contributed by atoms with Crippen LogP contribution in [0, 0.1) is 11.8 Å². The highest BCUT2D eigenvalue weighted by atomic mass is 16.5. The second-order valence-corrected chi connectivity index (χ2v) is 6.28. The fraction of sp³-hybridized carbons (Fsp3) is 0.933. The molecule has 118 valence electrons. The van der Waals surface area contributed by atoms with Gasteiger partial charge in [0.2, 0.25) is 0 Å². The number of aliphatic hydroxyl groups excluding tert-OH is 1. The van der Waals surface area contributed by atoms with E-state index in [4.69, 9.17) is 4.74 Å². The summed E-state index contributed by atoms with van der Waals surface area (Å²) in [4.78, 5) is 11.9. The van der Waals surface area contributed by atoms with Gasteiger partial charge in [0.25, 0.3) is 0 Å². The van der Waals surface area contributed by atoms with Gasteiger partial charge in [-0.2, -0.15) is 0 Å². The molecule has 0 aliphatic heterocycles. The van der Waals surface area contributed by atoms with Gasteiger partial charge in [0.15, 0.2) is 0 Å². The lowest BCUT2D eigenvalue weighted by Crippen LogP contribution is -2.50. The van der Waals surface area contributed by atoms with Gasteiger partial charge in [0.1, 0.15) is 0 Å². The van der Waals surface area contributed by atoms with E-state index < -0.39 is 0 Å². The molecule has 20 heavy (non-hydrogen) atoms. The summed E-state index contributed by atoms with van der Waals surface area (Å²) in [7, 11) is 0. The van der Waals surface area contributed by atoms with Gasteiger partial charge < -0.3 is 20.5 Å². The topological polar surface area (TPSA) is 70.6 Å². The highest BCUT2D eigenvalue weighted by Crippen LogP contribution is 2.23. The Morgan fingerprint density at radius 1 is 1.25 bits per heavy atom. The average Bonchev–Trinajstić information content (AvgIpc) is 2.38. The van der Waals surface area contributed by atoms with Crippen LogP contribution in [0.5, 0.6) is 0 Å². The van der Waals surface area contributed by atoms with Gasteiger partial charge in [0, 0.05) is 25.2 Å². The predicted molar refractivity (Wildman–Crippen MR) is 79.6 cm³/mol. The van der Waals surface area contributed by atoms with E-state index in [0.29, 0.717) is 19.1 Å². The first-order valence-corrected chi connectivity index (χ1v) is 7.78. The smallest absolute Gasteiger partial charge is 0.315 e. The maximum Gasteiger partial charge on any atom is 0.315 e. The van der Waals surface area contributed by atoms with Crippen molar-refractivity contribution in [2.24, 2.45) is 11.8 Å². The molecule has 5 nitrogen and oxygen atoms in total. The number of carbonyl (C=O) groups excluding carboxylic acids is 1. The van der Waals surface area contributed by atoms with Crippen LogP contribution in [0.4, 0.5) is 4.79 Å². The predicted octanol–water partition coefficient (Wildman–Crippen LogP) is 1.90. The summed E-state index contributed by atoms with van der Waals surface area (Å²) >= 11 is 0. The quantitative estimate of drug-likeness (QED) is 0.669. The summed E-state index contributed by atoms with van der Waals surface area (Å²) in [5, 5.41) is 15.2. The van der Waals surface area contributed by atoms with Gasteiger partial charge in [-0.25, -0.2) is 4.79 Å². The average molecular weight is 286 g/mol. The molecule has 3 N–H and O–H groups in total. The van der Waals surface area contributed by atoms with Crippen molar-refractivity contribution in [1.29, 1.82) is 0 Å². The van der Waals surface area contributed by atoms with Crippen LogP contribution in [-0.2, 0) is 4.74 Å². The van der Waals surface area contributed by atoms with Gasteiger partial charge in [-0.1, -0.05) is 26.7 Å². The number of nitrogens with one attached hydrogen (secondary N) is 2. The third-order valence-electron chi connectivity index (χ3n) is 3.66. The third kappa shape index (κ3) is 6.57. The standard InChI is InChI=1S/C15H30N2O3/c1-11(2)9-20-10-12(3)16-15(19)17-14-7-5-4-6-13(14)8-18/h11-14,18H,4-10H2,1-3H3,(H2,16,17,19). The monoisotopic (exact) mass is 286 g/mol. The first-order chi connectivity index (χ1) is 9.52. The molecule has 0 bridgehead atoms. The fourth-order valence-corrected chi connectivity index (χ4v) is 2.57. The molecule has 3 atom stereocenters. The Kier molecular flexibility index (Phi) is 7.92. The van der Waals surface area contributed by atoms with Crippen molar-refractivity contribution in [3.8, 4) is 0 Å². The van der Waals surface area contributed by atoms with Gasteiger partial charge >= 0.3 is 6.03 Å². The number of aliphatic hydroxyl groups is 1. The molecule has 3 unspecified atom stereocenters. The zero-order valence-electron chi connectivity index (χ0n) is 13.0. The van der Waals surface area contributed by atoms with Gasteiger partial charge in [-0.3, -0.25) is 0 Å². The van der Waals surface area contributed by atoms with E-state index >= 15 is 0 Å². The molecule has 2 amide bonds. The van der Waals surface area contributed by atoms with Crippen LogP contribution in [0.2, 0.25) is 0 Å². The van der Waals surface area contributed by atoms with Gasteiger partial charge in [-0.15, -0.1) is 0 Å². The van der Waals surface area contributed by atoms with E-state index in [1.807, 2.05) is 6.92 Å². The lowest BCUT2D eigenvalue weighted by atomic mass is 9.85. The van der Waals surface area contributed by atoms with E-state index in [-0.39, 0.29) is 30.6 Å². The summed E-state index contributed by atoms with van der Waals surface area (Å²) in [6.45, 7) is 7.52. The molecule has 1 saturated carbocycles. The van der Waals surface area contributed by atoms with Crippen LogP contribution < -0.4 is 10.6 Å². The minimum atomic E-state index is -0.156. The first kappa shape index (κ1) is 17.2. The third-order valence-corrected chi connectivity index (χ3v) is 3.66. The summed E-state index contributed by atoms with van der Waals surface area (Å²) in [5.74, 6) is 0.700. The lowest BCUT2D eigenvalue weighted by molar-refractivity contribution is 0.0946. The number of urea groups is 1. The molecule has 0 saturated heterocycles. The lowest BCUT2D eigenvalue weighted by Gasteiger charge is -2.31. The number of rotatable bonds is 7. The molecule has 0 aromatic heterocycles. The maximum atomic E-state index is 11.9. The first-order valence-electron chi connectivity index (χ1n) is 7.78. The van der Waals surface area contributed by atoms with Crippen LogP contribution >= 0.6 is 0 Å². The number of amides is 2. The molecular formula is C15H30N2O3. The Balaban J connectivity index is 2.24. The van der Waals surface area contributed by atoms with Crippen molar-refractivity contribution in [2.75, 3.05) is 19.8 Å². The molecule has 0 aromatic carbocycles. The maximum absolute atomic E-state index is 11.9. The molecule has 1 aliphatic carbocycles. The zero-order valence-corrected chi connectivity index (χ0v) is 13.0. The molecule has 0 spiro atoms. The largest absolute Gasteiger partial charge is 0.396 e. The van der Waals surface area contributed by atoms with Crippen LogP contribution in [0.15, 0.2) is 0 Å². The van der Waals surface area contributed by atoms with Gasteiger partial charge in [0.05, 0.1) is 12.6 Å². The molecule has 0 heterocycles. The summed E-state index contributed by atoms with van der Waals surface area (Å²) < 4.78 is 5.51. The minimum Gasteiger partial charge on any atom is -0.396 e. The fourth-order valence-electron chi connectivity index (χ4n) is 2.57. The van der Waals surface area contributed by atoms with Crippen molar-refractivity contribution >= 4 is 6.03 Å². The number of hydrogen-bond donors (Lipinski definition) is 3. The van der Waals surface area contributed by atoms with E-state index in [9.17, 15) is 9.90 Å². The SMILES string of the molecule is CC(C)COCC(C)NC(=O)NC1CCCCC1CO. The van der Waals surface area contributed by atoms with Crippen LogP contribution in [0.25, 0.3) is 0 Å². The van der Waals surface area contributed by atoms with Crippen molar-refractivity contribution < 1.29 is 14.6 Å². The van der Waals surface area contributed by atoms with Gasteiger partial charge in [-0.05, 0) is 25.7 Å². The van der Waals surface area contributed by atoms with Crippen molar-refractivity contribution in [1.82, 2.24) is 10.6 Å². The van der Waals surface area contributed by atoms with Crippen molar-refractivity contribution in [3.63, 3.8) is 0 Å². The Morgan fingerprint density at radius 3 is 2.60 bits per heavy atom. The van der Waals surface area contributed by atoms with Crippen LogP contribution in [0.3, 0.4) is 0 Å². The van der Waals surface area contributed by atoms with E-state index in [1.165, 1.54) is 0 Å². The van der Waals surface area contributed by atoms with E-state index in [0.717, 1.165) is 25.7 Å². The Hall–Kier alpha value is -0.810. The Labute approximate surface area is 122 Å². The molecule has 1 rings (SSSR count). The van der Waals surface area contributed by atoms with Crippen LogP contribution in [0.1, 0.15) is 46.5 Å². The minimum absolute atomic E-state index is 0.00934. The summed E-state index contributed by atoms with van der Waals surface area (Å²) in [5.41, 5.74) is 0. The second-order valence-electron chi connectivity index (χ2n) is 6.28. The molecule has 1 aliphatic rings. The summed E-state index contributed by atoms with van der Waals surface area (Å²) in [6.07, 6.45) is 4.21. The van der Waals surface area contributed by atoms with Crippen molar-refractivity contribution in [2.45, 2.75) is 58.5 Å². The molecule has 0 radical (unpaired) electrons. The Bertz CT molecular complexity index is 284. The molecule has 5 heteroatoms. The molecular weight excluding hydrogens is 256 g/mol. The highest BCUT2D eigenvalue weighted by molar-refractivity contribution is 5.74. The van der Waals surface area contributed by atoms with Crippen LogP contribution in [-0.4, -0.2) is 43.0 Å². The highest BCUT2D eigenvalue weighted by Gasteiger charge is 2.26. The van der Waals surface area contributed by atoms with E-state index in [2.05, 4.69) is 24.5 Å².